The highest BCUT2D eigenvalue weighted by molar-refractivity contribution is 7.89. The maximum Gasteiger partial charge on any atom is 0.241 e. The van der Waals surface area contributed by atoms with E-state index in [1.165, 1.54) is 7.11 Å². The maximum absolute atomic E-state index is 12.1. The summed E-state index contributed by atoms with van der Waals surface area (Å²) in [5, 5.41) is 0. The van der Waals surface area contributed by atoms with Crippen molar-refractivity contribution in [3.63, 3.8) is 0 Å². The Kier molecular flexibility index (Phi) is 5.07. The van der Waals surface area contributed by atoms with Gasteiger partial charge in [-0.1, -0.05) is 18.2 Å². The standard InChI is InChI=1S/C11H18N2O3S/c1-9(8-16-2)13-17(14,15)11-6-4-3-5-10(11)7-12/h3-6,9,13H,7-8,12H2,1-2H3. The van der Waals surface area contributed by atoms with Crippen LogP contribution in [0.15, 0.2) is 29.2 Å². The topological polar surface area (TPSA) is 81.4 Å². The van der Waals surface area contributed by atoms with Crippen LogP contribution in [0.25, 0.3) is 0 Å². The molecule has 0 aliphatic rings. The van der Waals surface area contributed by atoms with Gasteiger partial charge in [0.25, 0.3) is 0 Å². The number of rotatable bonds is 6. The molecule has 1 unspecified atom stereocenters. The summed E-state index contributed by atoms with van der Waals surface area (Å²) in [6.07, 6.45) is 0. The predicted octanol–water partition coefficient (Wildman–Crippen LogP) is 0.458. The molecule has 1 aromatic carbocycles. The molecule has 1 atom stereocenters. The monoisotopic (exact) mass is 258 g/mol. The Bertz CT molecular complexity index is 460. The molecule has 0 radical (unpaired) electrons. The Balaban J connectivity index is 2.97. The zero-order valence-electron chi connectivity index (χ0n) is 10.0. The molecule has 1 rings (SSSR count). The summed E-state index contributed by atoms with van der Waals surface area (Å²) >= 11 is 0. The molecule has 0 aliphatic heterocycles. The van der Waals surface area contributed by atoms with Gasteiger partial charge in [0.05, 0.1) is 11.5 Å². The third-order valence-electron chi connectivity index (χ3n) is 2.26. The van der Waals surface area contributed by atoms with Crippen LogP contribution in [0.3, 0.4) is 0 Å². The molecule has 0 bridgehead atoms. The predicted molar refractivity (Wildman–Crippen MR) is 66.0 cm³/mol. The molecular formula is C11H18N2O3S. The second-order valence-corrected chi connectivity index (χ2v) is 5.47. The van der Waals surface area contributed by atoms with E-state index in [0.29, 0.717) is 12.2 Å². The van der Waals surface area contributed by atoms with Gasteiger partial charge in [-0.25, -0.2) is 13.1 Å². The molecule has 1 aromatic rings. The van der Waals surface area contributed by atoms with Crippen molar-refractivity contribution < 1.29 is 13.2 Å². The number of hydrogen-bond donors (Lipinski definition) is 2. The Morgan fingerprint density at radius 1 is 1.41 bits per heavy atom. The van der Waals surface area contributed by atoms with E-state index < -0.39 is 10.0 Å². The van der Waals surface area contributed by atoms with E-state index in [1.54, 1.807) is 31.2 Å². The number of hydrogen-bond acceptors (Lipinski definition) is 4. The molecule has 0 amide bonds. The highest BCUT2D eigenvalue weighted by atomic mass is 32.2. The number of methoxy groups -OCH3 is 1. The van der Waals surface area contributed by atoms with E-state index in [0.717, 1.165) is 0 Å². The van der Waals surface area contributed by atoms with E-state index in [9.17, 15) is 8.42 Å². The second-order valence-electron chi connectivity index (χ2n) is 3.79. The first-order chi connectivity index (χ1) is 8.01. The van der Waals surface area contributed by atoms with Crippen molar-refractivity contribution in [2.75, 3.05) is 13.7 Å². The molecular weight excluding hydrogens is 240 g/mol. The molecule has 0 fully saturated rings. The first-order valence-electron chi connectivity index (χ1n) is 5.30. The molecule has 96 valence electrons. The lowest BCUT2D eigenvalue weighted by molar-refractivity contribution is 0.180. The number of sulfonamides is 1. The fourth-order valence-corrected chi connectivity index (χ4v) is 3.03. The van der Waals surface area contributed by atoms with E-state index in [-0.39, 0.29) is 17.5 Å². The average Bonchev–Trinajstić information content (AvgIpc) is 2.28. The van der Waals surface area contributed by atoms with Crippen LogP contribution in [0.2, 0.25) is 0 Å². The van der Waals surface area contributed by atoms with E-state index in [1.807, 2.05) is 0 Å². The third kappa shape index (κ3) is 3.78. The van der Waals surface area contributed by atoms with Crippen molar-refractivity contribution in [3.8, 4) is 0 Å². The molecule has 0 saturated heterocycles. The Hall–Kier alpha value is -0.950. The lowest BCUT2D eigenvalue weighted by Crippen LogP contribution is -2.36. The number of nitrogens with two attached hydrogens (primary N) is 1. The lowest BCUT2D eigenvalue weighted by atomic mass is 10.2. The van der Waals surface area contributed by atoms with Crippen molar-refractivity contribution in [1.82, 2.24) is 4.72 Å². The van der Waals surface area contributed by atoms with E-state index in [4.69, 9.17) is 10.5 Å². The van der Waals surface area contributed by atoms with Crippen LogP contribution in [-0.2, 0) is 21.3 Å². The van der Waals surface area contributed by atoms with Gasteiger partial charge in [-0.05, 0) is 18.6 Å². The average molecular weight is 258 g/mol. The van der Waals surface area contributed by atoms with Gasteiger partial charge in [0.15, 0.2) is 0 Å². The zero-order chi connectivity index (χ0) is 12.9. The van der Waals surface area contributed by atoms with Crippen LogP contribution < -0.4 is 10.5 Å². The van der Waals surface area contributed by atoms with Crippen molar-refractivity contribution in [2.24, 2.45) is 5.73 Å². The quantitative estimate of drug-likeness (QED) is 0.776. The van der Waals surface area contributed by atoms with E-state index >= 15 is 0 Å². The summed E-state index contributed by atoms with van der Waals surface area (Å²) in [4.78, 5) is 0.227. The minimum absolute atomic E-state index is 0.190. The Morgan fingerprint density at radius 2 is 2.06 bits per heavy atom. The van der Waals surface area contributed by atoms with Crippen LogP contribution in [0.5, 0.6) is 0 Å². The number of ether oxygens (including phenoxy) is 1. The minimum atomic E-state index is -3.53. The van der Waals surface area contributed by atoms with Gasteiger partial charge in [0, 0.05) is 19.7 Å². The van der Waals surface area contributed by atoms with Gasteiger partial charge in [0.2, 0.25) is 10.0 Å². The van der Waals surface area contributed by atoms with Crippen molar-refractivity contribution in [1.29, 1.82) is 0 Å². The zero-order valence-corrected chi connectivity index (χ0v) is 10.8. The number of benzene rings is 1. The lowest BCUT2D eigenvalue weighted by Gasteiger charge is -2.15. The van der Waals surface area contributed by atoms with Gasteiger partial charge in [0.1, 0.15) is 0 Å². The van der Waals surface area contributed by atoms with E-state index in [2.05, 4.69) is 4.72 Å². The smallest absolute Gasteiger partial charge is 0.241 e. The van der Waals surface area contributed by atoms with Crippen LogP contribution >= 0.6 is 0 Å². The molecule has 6 heteroatoms. The molecule has 5 nitrogen and oxygen atoms in total. The Labute approximate surface area is 102 Å². The molecule has 0 heterocycles. The first-order valence-corrected chi connectivity index (χ1v) is 6.79. The van der Waals surface area contributed by atoms with Crippen molar-refractivity contribution >= 4 is 10.0 Å². The SMILES string of the molecule is COCC(C)NS(=O)(=O)c1ccccc1CN. The van der Waals surface area contributed by atoms with Crippen LogP contribution in [-0.4, -0.2) is 28.2 Å². The summed E-state index contributed by atoms with van der Waals surface area (Å²) in [6, 6.07) is 6.41. The number of nitrogens with one attached hydrogen (secondary N) is 1. The Morgan fingerprint density at radius 3 is 2.65 bits per heavy atom. The molecule has 3 N–H and O–H groups in total. The summed E-state index contributed by atoms with van der Waals surface area (Å²) < 4.78 is 31.6. The summed E-state index contributed by atoms with van der Waals surface area (Å²) in [6.45, 7) is 2.26. The largest absolute Gasteiger partial charge is 0.383 e. The molecule has 0 aromatic heterocycles. The highest BCUT2D eigenvalue weighted by Crippen LogP contribution is 2.14. The third-order valence-corrected chi connectivity index (χ3v) is 3.95. The van der Waals surface area contributed by atoms with Crippen LogP contribution in [0, 0.1) is 0 Å². The molecule has 0 saturated carbocycles. The van der Waals surface area contributed by atoms with Gasteiger partial charge in [-0.3, -0.25) is 0 Å². The van der Waals surface area contributed by atoms with Gasteiger partial charge in [-0.15, -0.1) is 0 Å². The van der Waals surface area contributed by atoms with Gasteiger partial charge in [-0.2, -0.15) is 0 Å². The highest BCUT2D eigenvalue weighted by Gasteiger charge is 2.19. The summed E-state index contributed by atoms with van der Waals surface area (Å²) in [5.41, 5.74) is 6.12. The fourth-order valence-electron chi connectivity index (χ4n) is 1.55. The summed E-state index contributed by atoms with van der Waals surface area (Å²) in [7, 11) is -2.01. The van der Waals surface area contributed by atoms with Crippen LogP contribution in [0.1, 0.15) is 12.5 Å². The second kappa shape index (κ2) is 6.11. The van der Waals surface area contributed by atoms with Crippen LogP contribution in [0.4, 0.5) is 0 Å². The minimum Gasteiger partial charge on any atom is -0.383 e. The normalized spacial score (nSPS) is 13.6. The van der Waals surface area contributed by atoms with Gasteiger partial charge < -0.3 is 10.5 Å². The van der Waals surface area contributed by atoms with Gasteiger partial charge >= 0.3 is 0 Å². The van der Waals surface area contributed by atoms with Crippen molar-refractivity contribution in [3.05, 3.63) is 29.8 Å². The van der Waals surface area contributed by atoms with Crippen molar-refractivity contribution in [2.45, 2.75) is 24.4 Å². The fraction of sp³-hybridized carbons (Fsp3) is 0.455. The summed E-state index contributed by atoms with van der Waals surface area (Å²) in [5.74, 6) is 0. The molecule has 0 aliphatic carbocycles. The maximum atomic E-state index is 12.1. The first kappa shape index (κ1) is 14.1. The molecule has 17 heavy (non-hydrogen) atoms. The molecule has 0 spiro atoms.